The van der Waals surface area contributed by atoms with Gasteiger partial charge >= 0.3 is 0 Å². The van der Waals surface area contributed by atoms with Gasteiger partial charge in [0.15, 0.2) is 0 Å². The summed E-state index contributed by atoms with van der Waals surface area (Å²) in [5, 5.41) is 9.09. The van der Waals surface area contributed by atoms with Crippen molar-refractivity contribution in [3.8, 4) is 0 Å². The van der Waals surface area contributed by atoms with Crippen molar-refractivity contribution in [3.05, 3.63) is 58.3 Å². The van der Waals surface area contributed by atoms with Crippen LogP contribution in [0.4, 0.5) is 0 Å². The largest absolute Gasteiger partial charge is 0.392 e. The fourth-order valence-electron chi connectivity index (χ4n) is 1.60. The van der Waals surface area contributed by atoms with Crippen LogP contribution >= 0.6 is 15.9 Å². The first-order valence-electron chi connectivity index (χ1n) is 5.82. The molecular formula is C13H13BrN2O3S. The molecule has 0 spiro atoms. The van der Waals surface area contributed by atoms with Crippen LogP contribution in [-0.4, -0.2) is 18.5 Å². The van der Waals surface area contributed by atoms with E-state index < -0.39 is 10.0 Å². The Morgan fingerprint density at radius 2 is 2.05 bits per heavy atom. The molecular weight excluding hydrogens is 344 g/mol. The van der Waals surface area contributed by atoms with Crippen molar-refractivity contribution in [1.82, 2.24) is 9.71 Å². The normalized spacial score (nSPS) is 11.5. The SMILES string of the molecule is O=S(=O)(NCc1ccccn1)c1cc(CO)ccc1Br. The molecule has 106 valence electrons. The Hall–Kier alpha value is -1.28. The van der Waals surface area contributed by atoms with Gasteiger partial charge in [0.25, 0.3) is 0 Å². The van der Waals surface area contributed by atoms with Crippen LogP contribution in [0.15, 0.2) is 52.0 Å². The molecule has 0 atom stereocenters. The Kier molecular flexibility index (Phi) is 4.87. The van der Waals surface area contributed by atoms with E-state index in [1.807, 2.05) is 0 Å². The zero-order valence-electron chi connectivity index (χ0n) is 10.5. The Balaban J connectivity index is 2.22. The van der Waals surface area contributed by atoms with E-state index in [0.29, 0.717) is 15.7 Å². The van der Waals surface area contributed by atoms with Crippen molar-refractivity contribution >= 4 is 26.0 Å². The van der Waals surface area contributed by atoms with E-state index in [9.17, 15) is 8.42 Å². The minimum absolute atomic E-state index is 0.0972. The van der Waals surface area contributed by atoms with Crippen molar-refractivity contribution in [2.75, 3.05) is 0 Å². The van der Waals surface area contributed by atoms with Crippen molar-refractivity contribution in [2.45, 2.75) is 18.0 Å². The van der Waals surface area contributed by atoms with Crippen molar-refractivity contribution in [3.63, 3.8) is 0 Å². The van der Waals surface area contributed by atoms with E-state index in [1.54, 1.807) is 36.5 Å². The average Bonchev–Trinajstić information content (AvgIpc) is 2.47. The smallest absolute Gasteiger partial charge is 0.242 e. The third-order valence-electron chi connectivity index (χ3n) is 2.64. The van der Waals surface area contributed by atoms with Crippen LogP contribution in [0.25, 0.3) is 0 Å². The molecule has 0 radical (unpaired) electrons. The Bertz CT molecular complexity index is 690. The lowest BCUT2D eigenvalue weighted by Crippen LogP contribution is -2.24. The second kappa shape index (κ2) is 6.45. The van der Waals surface area contributed by atoms with Gasteiger partial charge in [-0.05, 0) is 45.8 Å². The van der Waals surface area contributed by atoms with Crippen molar-refractivity contribution < 1.29 is 13.5 Å². The number of aliphatic hydroxyl groups excluding tert-OH is 1. The van der Waals surface area contributed by atoms with E-state index in [2.05, 4.69) is 25.6 Å². The lowest BCUT2D eigenvalue weighted by molar-refractivity contribution is 0.281. The van der Waals surface area contributed by atoms with E-state index in [-0.39, 0.29) is 18.0 Å². The highest BCUT2D eigenvalue weighted by Gasteiger charge is 2.18. The van der Waals surface area contributed by atoms with Gasteiger partial charge < -0.3 is 5.11 Å². The van der Waals surface area contributed by atoms with Crippen LogP contribution in [-0.2, 0) is 23.2 Å². The fourth-order valence-corrected chi connectivity index (χ4v) is 3.61. The maximum Gasteiger partial charge on any atom is 0.242 e. The van der Waals surface area contributed by atoms with Gasteiger partial charge in [-0.25, -0.2) is 13.1 Å². The van der Waals surface area contributed by atoms with Crippen LogP contribution in [0.5, 0.6) is 0 Å². The number of halogens is 1. The highest BCUT2D eigenvalue weighted by molar-refractivity contribution is 9.10. The first kappa shape index (κ1) is 15.1. The van der Waals surface area contributed by atoms with Gasteiger partial charge in [0.1, 0.15) is 0 Å². The zero-order valence-corrected chi connectivity index (χ0v) is 12.9. The third kappa shape index (κ3) is 3.63. The van der Waals surface area contributed by atoms with Crippen LogP contribution < -0.4 is 4.72 Å². The van der Waals surface area contributed by atoms with E-state index in [0.717, 1.165) is 0 Å². The van der Waals surface area contributed by atoms with Gasteiger partial charge in [-0.1, -0.05) is 12.1 Å². The number of aliphatic hydroxyl groups is 1. The lowest BCUT2D eigenvalue weighted by atomic mass is 10.2. The van der Waals surface area contributed by atoms with E-state index >= 15 is 0 Å². The molecule has 0 bridgehead atoms. The molecule has 0 aliphatic heterocycles. The number of hydrogen-bond donors (Lipinski definition) is 2. The zero-order chi connectivity index (χ0) is 14.6. The molecule has 0 fully saturated rings. The van der Waals surface area contributed by atoms with Gasteiger partial charge in [-0.3, -0.25) is 4.98 Å². The summed E-state index contributed by atoms with van der Waals surface area (Å²) in [6.07, 6.45) is 1.60. The average molecular weight is 357 g/mol. The first-order chi connectivity index (χ1) is 9.53. The summed E-state index contributed by atoms with van der Waals surface area (Å²) in [4.78, 5) is 4.15. The molecule has 20 heavy (non-hydrogen) atoms. The Labute approximate surface area is 125 Å². The van der Waals surface area contributed by atoms with Gasteiger partial charge in [0, 0.05) is 10.7 Å². The number of pyridine rings is 1. The molecule has 0 unspecified atom stereocenters. The number of nitrogens with one attached hydrogen (secondary N) is 1. The molecule has 0 amide bonds. The summed E-state index contributed by atoms with van der Waals surface area (Å²) in [7, 11) is -3.67. The number of rotatable bonds is 5. The van der Waals surface area contributed by atoms with Crippen LogP contribution in [0, 0.1) is 0 Å². The van der Waals surface area contributed by atoms with Crippen molar-refractivity contribution in [1.29, 1.82) is 0 Å². The number of aromatic nitrogens is 1. The Morgan fingerprint density at radius 1 is 1.25 bits per heavy atom. The minimum Gasteiger partial charge on any atom is -0.392 e. The third-order valence-corrected chi connectivity index (χ3v) is 5.03. The molecule has 1 aromatic carbocycles. The van der Waals surface area contributed by atoms with Gasteiger partial charge in [-0.15, -0.1) is 0 Å². The molecule has 1 aromatic heterocycles. The minimum atomic E-state index is -3.67. The molecule has 2 aromatic rings. The predicted octanol–water partition coefficient (Wildman–Crippen LogP) is 1.81. The standard InChI is InChI=1S/C13H13BrN2O3S/c14-12-5-4-10(9-17)7-13(12)20(18,19)16-8-11-3-1-2-6-15-11/h1-7,16-17H,8-9H2. The van der Waals surface area contributed by atoms with Crippen LogP contribution in [0.3, 0.4) is 0 Å². The van der Waals surface area contributed by atoms with Crippen LogP contribution in [0.2, 0.25) is 0 Å². The first-order valence-corrected chi connectivity index (χ1v) is 8.09. The molecule has 2 rings (SSSR count). The molecule has 0 saturated carbocycles. The van der Waals surface area contributed by atoms with Gasteiger partial charge in [0.05, 0.1) is 23.7 Å². The highest BCUT2D eigenvalue weighted by Crippen LogP contribution is 2.23. The monoisotopic (exact) mass is 356 g/mol. The van der Waals surface area contributed by atoms with Gasteiger partial charge in [0.2, 0.25) is 10.0 Å². The maximum absolute atomic E-state index is 12.2. The fraction of sp³-hybridized carbons (Fsp3) is 0.154. The highest BCUT2D eigenvalue weighted by atomic mass is 79.9. The molecule has 0 aliphatic rings. The summed E-state index contributed by atoms with van der Waals surface area (Å²) in [5.74, 6) is 0. The summed E-state index contributed by atoms with van der Waals surface area (Å²) in [6.45, 7) is -0.102. The maximum atomic E-state index is 12.2. The summed E-state index contributed by atoms with van der Waals surface area (Å²) in [5.41, 5.74) is 1.16. The molecule has 0 saturated heterocycles. The molecule has 0 aliphatic carbocycles. The van der Waals surface area contributed by atoms with E-state index in [4.69, 9.17) is 5.11 Å². The quantitative estimate of drug-likeness (QED) is 0.856. The number of benzene rings is 1. The molecule has 5 nitrogen and oxygen atoms in total. The van der Waals surface area contributed by atoms with Crippen LogP contribution in [0.1, 0.15) is 11.3 Å². The molecule has 7 heteroatoms. The molecule has 2 N–H and O–H groups in total. The lowest BCUT2D eigenvalue weighted by Gasteiger charge is -2.09. The molecule has 1 heterocycles. The Morgan fingerprint density at radius 3 is 2.70 bits per heavy atom. The number of sulfonamides is 1. The summed E-state index contributed by atoms with van der Waals surface area (Å²) < 4.78 is 27.4. The summed E-state index contributed by atoms with van der Waals surface area (Å²) in [6, 6.07) is 9.98. The van der Waals surface area contributed by atoms with Gasteiger partial charge in [-0.2, -0.15) is 0 Å². The number of nitrogens with zero attached hydrogens (tertiary/aromatic N) is 1. The second-order valence-electron chi connectivity index (χ2n) is 4.07. The summed E-state index contributed by atoms with van der Waals surface area (Å²) >= 11 is 3.21. The number of hydrogen-bond acceptors (Lipinski definition) is 4. The second-order valence-corrected chi connectivity index (χ2v) is 6.66. The topological polar surface area (TPSA) is 79.3 Å². The van der Waals surface area contributed by atoms with E-state index in [1.165, 1.54) is 6.07 Å². The van der Waals surface area contributed by atoms with Crippen molar-refractivity contribution in [2.24, 2.45) is 0 Å². The predicted molar refractivity (Wildman–Crippen MR) is 78.3 cm³/mol.